The number of nitrogens with one attached hydrogen (secondary N) is 2. The highest BCUT2D eigenvalue weighted by Crippen LogP contribution is 2.04. The van der Waals surface area contributed by atoms with Crippen molar-refractivity contribution in [2.45, 2.75) is 18.9 Å². The number of amides is 2. The van der Waals surface area contributed by atoms with Crippen molar-refractivity contribution in [3.05, 3.63) is 0 Å². The van der Waals surface area contributed by atoms with Crippen molar-refractivity contribution in [3.8, 4) is 0 Å². The fraction of sp³-hybridized carbons (Fsp3) is 0.400. The molecule has 1 rings (SSSR count). The van der Waals surface area contributed by atoms with Gasteiger partial charge >= 0.3 is 0 Å². The number of hydrogen-bond acceptors (Lipinski definition) is 8. The molecule has 0 bridgehead atoms. The lowest BCUT2D eigenvalue weighted by atomic mass is 10.1. The van der Waals surface area contributed by atoms with Crippen LogP contribution >= 0.6 is 12.2 Å². The average Bonchev–Trinajstić information content (AvgIpc) is 2.30. The Kier molecular flexibility index (Phi) is 5.26. The lowest BCUT2D eigenvalue weighted by Gasteiger charge is -2.20. The molecule has 108 valence electrons. The summed E-state index contributed by atoms with van der Waals surface area (Å²) in [7, 11) is 0. The zero-order valence-corrected chi connectivity index (χ0v) is 10.8. The molecule has 20 heavy (non-hydrogen) atoms. The summed E-state index contributed by atoms with van der Waals surface area (Å²) in [4.78, 5) is 47.4. The van der Waals surface area contributed by atoms with Gasteiger partial charge in [0.15, 0.2) is 11.0 Å². The SMILES string of the molecule is O=C([O-])CC[C@@H](N=CC1C(=O)NC(=S)NC1=O)C(=O)[O-]. The fourth-order valence-electron chi connectivity index (χ4n) is 1.36. The summed E-state index contributed by atoms with van der Waals surface area (Å²) < 4.78 is 0. The maximum absolute atomic E-state index is 11.4. The van der Waals surface area contributed by atoms with E-state index in [0.29, 0.717) is 0 Å². The van der Waals surface area contributed by atoms with Gasteiger partial charge in [0.1, 0.15) is 0 Å². The van der Waals surface area contributed by atoms with Crippen molar-refractivity contribution in [1.29, 1.82) is 0 Å². The highest BCUT2D eigenvalue weighted by molar-refractivity contribution is 7.80. The number of carbonyl (C=O) groups excluding carboxylic acids is 4. The quantitative estimate of drug-likeness (QED) is 0.287. The van der Waals surface area contributed by atoms with Gasteiger partial charge in [0, 0.05) is 12.2 Å². The smallest absolute Gasteiger partial charge is 0.244 e. The van der Waals surface area contributed by atoms with Crippen LogP contribution in [0.5, 0.6) is 0 Å². The lowest BCUT2D eigenvalue weighted by Crippen LogP contribution is -2.56. The second-order valence-electron chi connectivity index (χ2n) is 3.83. The third-order valence-corrected chi connectivity index (χ3v) is 2.55. The van der Waals surface area contributed by atoms with E-state index in [0.717, 1.165) is 6.21 Å². The van der Waals surface area contributed by atoms with Gasteiger partial charge in [-0.15, -0.1) is 0 Å². The molecule has 0 aliphatic carbocycles. The summed E-state index contributed by atoms with van der Waals surface area (Å²) in [6, 6.07) is -1.48. The van der Waals surface area contributed by atoms with Gasteiger partial charge in [-0.2, -0.15) is 0 Å². The minimum absolute atomic E-state index is 0.155. The lowest BCUT2D eigenvalue weighted by molar-refractivity contribution is -0.309. The predicted octanol–water partition coefficient (Wildman–Crippen LogP) is -4.15. The second-order valence-corrected chi connectivity index (χ2v) is 4.24. The van der Waals surface area contributed by atoms with Crippen LogP contribution in [0.15, 0.2) is 4.99 Å². The van der Waals surface area contributed by atoms with E-state index in [1.165, 1.54) is 0 Å². The van der Waals surface area contributed by atoms with Crippen LogP contribution in [0.25, 0.3) is 0 Å². The summed E-state index contributed by atoms with van der Waals surface area (Å²) in [5.41, 5.74) is 0. The van der Waals surface area contributed by atoms with Crippen molar-refractivity contribution in [3.63, 3.8) is 0 Å². The monoisotopic (exact) mass is 299 g/mol. The Morgan fingerprint density at radius 2 is 1.85 bits per heavy atom. The highest BCUT2D eigenvalue weighted by atomic mass is 32.1. The number of thiocarbonyl (C=S) groups is 1. The van der Waals surface area contributed by atoms with Gasteiger partial charge in [-0.25, -0.2) is 0 Å². The van der Waals surface area contributed by atoms with Crippen LogP contribution in [0.1, 0.15) is 12.8 Å². The number of carboxylic acid groups (broad SMARTS) is 2. The number of carbonyl (C=O) groups is 4. The predicted molar refractivity (Wildman–Crippen MR) is 63.9 cm³/mol. The molecule has 9 nitrogen and oxygen atoms in total. The first-order valence-corrected chi connectivity index (χ1v) is 5.81. The normalized spacial score (nSPS) is 17.7. The van der Waals surface area contributed by atoms with E-state index in [1.807, 2.05) is 0 Å². The molecule has 0 aromatic heterocycles. The number of rotatable bonds is 6. The molecule has 1 atom stereocenters. The molecule has 0 radical (unpaired) electrons. The maximum atomic E-state index is 11.4. The molecule has 0 aromatic rings. The van der Waals surface area contributed by atoms with E-state index in [2.05, 4.69) is 27.8 Å². The Labute approximate surface area is 118 Å². The minimum Gasteiger partial charge on any atom is -0.550 e. The summed E-state index contributed by atoms with van der Waals surface area (Å²) in [5.74, 6) is -5.90. The van der Waals surface area contributed by atoms with Crippen LogP contribution in [0, 0.1) is 5.92 Å². The number of hydrogen-bond donors (Lipinski definition) is 2. The topological polar surface area (TPSA) is 151 Å². The highest BCUT2D eigenvalue weighted by Gasteiger charge is 2.31. The molecule has 1 saturated heterocycles. The number of carboxylic acids is 2. The van der Waals surface area contributed by atoms with Gasteiger partial charge in [-0.1, -0.05) is 0 Å². The maximum Gasteiger partial charge on any atom is 0.244 e. The van der Waals surface area contributed by atoms with Crippen molar-refractivity contribution in [2.24, 2.45) is 10.9 Å². The molecule has 0 aromatic carbocycles. The Hall–Kier alpha value is -2.36. The molecule has 0 unspecified atom stereocenters. The zero-order chi connectivity index (χ0) is 15.3. The van der Waals surface area contributed by atoms with E-state index < -0.39 is 42.1 Å². The number of aliphatic carboxylic acids is 2. The van der Waals surface area contributed by atoms with Crippen LogP contribution in [-0.4, -0.2) is 41.1 Å². The van der Waals surface area contributed by atoms with Gasteiger partial charge in [-0.05, 0) is 25.1 Å². The molecule has 0 spiro atoms. The Bertz CT molecular complexity index is 483. The van der Waals surface area contributed by atoms with Crippen molar-refractivity contribution < 1.29 is 29.4 Å². The zero-order valence-electron chi connectivity index (χ0n) is 9.95. The van der Waals surface area contributed by atoms with Gasteiger partial charge in [0.2, 0.25) is 11.8 Å². The van der Waals surface area contributed by atoms with Gasteiger partial charge in [0.05, 0.1) is 12.0 Å². The summed E-state index contributed by atoms with van der Waals surface area (Å²) >= 11 is 4.58. The van der Waals surface area contributed by atoms with Gasteiger partial charge in [-0.3, -0.25) is 14.6 Å². The van der Waals surface area contributed by atoms with Gasteiger partial charge < -0.3 is 30.4 Å². The molecule has 2 N–H and O–H groups in total. The third-order valence-electron chi connectivity index (χ3n) is 2.35. The standard InChI is InChI=1S/C10H11N3O6S/c14-6(15)2-1-5(9(18)19)11-3-4-7(16)12-10(20)13-8(4)17/h3-5H,1-2H2,(H,14,15)(H,18,19)(H2,12,13,16,17,20)/p-2/t5-/m1/s1. The second kappa shape index (κ2) is 6.70. The molecule has 1 aliphatic heterocycles. The third kappa shape index (κ3) is 4.39. The van der Waals surface area contributed by atoms with E-state index in [1.54, 1.807) is 0 Å². The average molecular weight is 299 g/mol. The van der Waals surface area contributed by atoms with Crippen LogP contribution in [0.3, 0.4) is 0 Å². The first kappa shape index (κ1) is 15.7. The molecular weight excluding hydrogens is 290 g/mol. The number of nitrogens with zero attached hydrogens (tertiary/aromatic N) is 1. The van der Waals surface area contributed by atoms with Crippen LogP contribution < -0.4 is 20.8 Å². The summed E-state index contributed by atoms with van der Waals surface area (Å²) in [6.07, 6.45) is -0.0825. The molecule has 2 amide bonds. The Morgan fingerprint density at radius 1 is 1.30 bits per heavy atom. The first-order valence-electron chi connectivity index (χ1n) is 5.41. The Balaban J connectivity index is 2.74. The first-order chi connectivity index (χ1) is 9.31. The molecule has 1 heterocycles. The molecule has 10 heteroatoms. The van der Waals surface area contributed by atoms with Crippen molar-refractivity contribution >= 4 is 47.3 Å². The van der Waals surface area contributed by atoms with E-state index in [9.17, 15) is 29.4 Å². The summed E-state index contributed by atoms with van der Waals surface area (Å²) in [5, 5.41) is 25.2. The van der Waals surface area contributed by atoms with E-state index >= 15 is 0 Å². The summed E-state index contributed by atoms with van der Waals surface area (Å²) in [6.45, 7) is 0. The van der Waals surface area contributed by atoms with Crippen molar-refractivity contribution in [2.75, 3.05) is 0 Å². The number of aliphatic imine (C=N–C) groups is 1. The van der Waals surface area contributed by atoms with Gasteiger partial charge in [0.25, 0.3) is 0 Å². The van der Waals surface area contributed by atoms with Crippen LogP contribution in [-0.2, 0) is 19.2 Å². The molecular formula is C10H9N3O6S-2. The van der Waals surface area contributed by atoms with Crippen molar-refractivity contribution in [1.82, 2.24) is 10.6 Å². The van der Waals surface area contributed by atoms with E-state index in [-0.39, 0.29) is 11.5 Å². The fourth-order valence-corrected chi connectivity index (χ4v) is 1.56. The van der Waals surface area contributed by atoms with E-state index in [4.69, 9.17) is 0 Å². The molecule has 1 fully saturated rings. The molecule has 1 aliphatic rings. The molecule has 0 saturated carbocycles. The Morgan fingerprint density at radius 3 is 2.30 bits per heavy atom. The minimum atomic E-state index is -1.62. The van der Waals surface area contributed by atoms with Crippen LogP contribution in [0.4, 0.5) is 0 Å². The van der Waals surface area contributed by atoms with Crippen LogP contribution in [0.2, 0.25) is 0 Å². The largest absolute Gasteiger partial charge is 0.550 e.